The number of carbonyl (C=O) groups excluding carboxylic acids is 2. The number of carbonyl (C=O) groups is 2. The lowest BCUT2D eigenvalue weighted by Gasteiger charge is -2.11. The van der Waals surface area contributed by atoms with Crippen LogP contribution < -0.4 is 21.3 Å². The zero-order chi connectivity index (χ0) is 22.6. The van der Waals surface area contributed by atoms with E-state index in [2.05, 4.69) is 31.2 Å². The van der Waals surface area contributed by atoms with E-state index >= 15 is 0 Å². The molecule has 33 heavy (non-hydrogen) atoms. The second kappa shape index (κ2) is 9.38. The number of hydrogen-bond donors (Lipinski definition) is 4. The van der Waals surface area contributed by atoms with E-state index in [4.69, 9.17) is 0 Å². The van der Waals surface area contributed by atoms with Crippen LogP contribution in [0.2, 0.25) is 0 Å². The highest BCUT2D eigenvalue weighted by Crippen LogP contribution is 2.32. The van der Waals surface area contributed by atoms with Crippen LogP contribution in [0.25, 0.3) is 11.3 Å². The Morgan fingerprint density at radius 2 is 2.00 bits per heavy atom. The maximum atomic E-state index is 12.4. The molecule has 0 aliphatic carbocycles. The van der Waals surface area contributed by atoms with Crippen LogP contribution in [0.1, 0.15) is 35.2 Å². The van der Waals surface area contributed by atoms with Crippen LogP contribution in [0.15, 0.2) is 54.7 Å². The largest absolute Gasteiger partial charge is 0.352 e. The summed E-state index contributed by atoms with van der Waals surface area (Å²) >= 11 is 0. The lowest BCUT2D eigenvalue weighted by molar-refractivity contribution is -0.670. The Hall–Kier alpha value is -3.78. The fourth-order valence-electron chi connectivity index (χ4n) is 4.42. The number of rotatable bonds is 6. The molecule has 0 saturated carbocycles. The maximum Gasteiger partial charge on any atom is 0.251 e. The Balaban J connectivity index is 1.26. The van der Waals surface area contributed by atoms with E-state index in [0.717, 1.165) is 34.6 Å². The predicted octanol–water partition coefficient (Wildman–Crippen LogP) is 2.23. The van der Waals surface area contributed by atoms with E-state index in [1.54, 1.807) is 18.3 Å². The third-order valence-electron chi connectivity index (χ3n) is 6.15. The molecule has 2 amide bonds. The Morgan fingerprint density at radius 1 is 1.15 bits per heavy atom. The molecule has 8 nitrogen and oxygen atoms in total. The molecule has 1 atom stereocenters. The fourth-order valence-corrected chi connectivity index (χ4v) is 4.42. The predicted molar refractivity (Wildman–Crippen MR) is 126 cm³/mol. The first-order chi connectivity index (χ1) is 16.2. The molecule has 0 radical (unpaired) electrons. The average Bonchev–Trinajstić information content (AvgIpc) is 3.29. The first kappa shape index (κ1) is 21.1. The molecule has 2 aromatic carbocycles. The molecule has 3 heterocycles. The number of quaternary nitrogens is 1. The first-order valence-electron chi connectivity index (χ1n) is 11.4. The highest BCUT2D eigenvalue weighted by Gasteiger charge is 2.21. The molecule has 168 valence electrons. The van der Waals surface area contributed by atoms with E-state index < -0.39 is 0 Å². The lowest BCUT2D eigenvalue weighted by Crippen LogP contribution is -2.86. The molecule has 0 spiro atoms. The molecule has 0 bridgehead atoms. The van der Waals surface area contributed by atoms with Gasteiger partial charge in [0.15, 0.2) is 0 Å². The van der Waals surface area contributed by atoms with Gasteiger partial charge in [-0.1, -0.05) is 18.2 Å². The molecule has 1 unspecified atom stereocenters. The van der Waals surface area contributed by atoms with Crippen molar-refractivity contribution in [1.29, 1.82) is 0 Å². The fraction of sp³-hybridized carbons (Fsp3) is 0.280. The van der Waals surface area contributed by atoms with Crippen LogP contribution in [0.4, 0.5) is 17.3 Å². The van der Waals surface area contributed by atoms with Gasteiger partial charge in [0.25, 0.3) is 5.91 Å². The van der Waals surface area contributed by atoms with Gasteiger partial charge < -0.3 is 21.3 Å². The Labute approximate surface area is 192 Å². The van der Waals surface area contributed by atoms with Crippen molar-refractivity contribution in [2.45, 2.75) is 31.7 Å². The summed E-state index contributed by atoms with van der Waals surface area (Å²) in [6.07, 6.45) is 5.43. The monoisotopic (exact) mass is 443 g/mol. The van der Waals surface area contributed by atoms with Crippen LogP contribution in [0.5, 0.6) is 0 Å². The van der Waals surface area contributed by atoms with E-state index in [1.165, 1.54) is 19.4 Å². The van der Waals surface area contributed by atoms with Crippen molar-refractivity contribution in [1.82, 2.24) is 15.3 Å². The smallest absolute Gasteiger partial charge is 0.251 e. The summed E-state index contributed by atoms with van der Waals surface area (Å²) in [6.45, 7) is 1.89. The van der Waals surface area contributed by atoms with Crippen molar-refractivity contribution < 1.29 is 14.9 Å². The zero-order valence-electron chi connectivity index (χ0n) is 18.3. The molecule has 5 rings (SSSR count). The van der Waals surface area contributed by atoms with Crippen molar-refractivity contribution in [2.24, 2.45) is 0 Å². The number of amides is 2. The van der Waals surface area contributed by atoms with Crippen molar-refractivity contribution in [3.05, 3.63) is 65.9 Å². The van der Waals surface area contributed by atoms with Crippen LogP contribution in [0.3, 0.4) is 0 Å². The van der Waals surface area contributed by atoms with Crippen molar-refractivity contribution in [3.63, 3.8) is 0 Å². The van der Waals surface area contributed by atoms with E-state index in [0.29, 0.717) is 24.1 Å². The summed E-state index contributed by atoms with van der Waals surface area (Å²) in [5.41, 5.74) is 4.53. The van der Waals surface area contributed by atoms with Gasteiger partial charge in [0.2, 0.25) is 11.9 Å². The number of para-hydroxylation sites is 1. The van der Waals surface area contributed by atoms with Crippen LogP contribution >= 0.6 is 0 Å². The van der Waals surface area contributed by atoms with Crippen LogP contribution in [-0.4, -0.2) is 40.9 Å². The topological polar surface area (TPSA) is 113 Å². The van der Waals surface area contributed by atoms with Gasteiger partial charge in [0, 0.05) is 54.4 Å². The molecule has 1 saturated heterocycles. The van der Waals surface area contributed by atoms with Gasteiger partial charge in [-0.2, -0.15) is 0 Å². The maximum absolute atomic E-state index is 12.4. The number of nitrogens with two attached hydrogens (primary N) is 1. The highest BCUT2D eigenvalue weighted by molar-refractivity contribution is 6.00. The summed E-state index contributed by atoms with van der Waals surface area (Å²) < 4.78 is 0. The normalized spacial score (nSPS) is 16.8. The summed E-state index contributed by atoms with van der Waals surface area (Å²) in [4.78, 5) is 33.7. The van der Waals surface area contributed by atoms with E-state index in [1.807, 2.05) is 36.4 Å². The third-order valence-corrected chi connectivity index (χ3v) is 6.15. The molecule has 3 aromatic rings. The van der Waals surface area contributed by atoms with Crippen molar-refractivity contribution in [3.8, 4) is 11.3 Å². The standard InChI is InChI=1S/C25H26N6O2/c32-22-14-17-15-28-25(31-23(17)20-5-1-2-6-21(20)30-22)29-19-9-7-16(8-10-19)24(33)27-13-11-18-4-3-12-26-18/h1-2,5-10,15,18,26H,3-4,11-14H2,(H,27,33)(H,30,32)(H,28,29,31)/p+1. The SMILES string of the molecule is O=C1Cc2cnc(Nc3ccc(C(=O)NCCC4CCC[NH2+]4)cc3)nc2-c2ccccc2N1. The number of hydrogen-bond acceptors (Lipinski definition) is 5. The average molecular weight is 444 g/mol. The minimum Gasteiger partial charge on any atom is -0.352 e. The molecule has 2 aliphatic heterocycles. The summed E-state index contributed by atoms with van der Waals surface area (Å²) in [6, 6.07) is 15.5. The summed E-state index contributed by atoms with van der Waals surface area (Å²) in [5, 5.41) is 11.5. The van der Waals surface area contributed by atoms with Crippen LogP contribution in [-0.2, 0) is 11.2 Å². The van der Waals surface area contributed by atoms with Gasteiger partial charge in [0.1, 0.15) is 0 Å². The van der Waals surface area contributed by atoms with Crippen molar-refractivity contribution >= 4 is 29.1 Å². The third kappa shape index (κ3) is 4.85. The molecule has 1 fully saturated rings. The summed E-state index contributed by atoms with van der Waals surface area (Å²) in [5.74, 6) is 0.290. The minimum atomic E-state index is -0.0826. The van der Waals surface area contributed by atoms with Gasteiger partial charge in [-0.15, -0.1) is 0 Å². The molecule has 8 heteroatoms. The Morgan fingerprint density at radius 3 is 2.82 bits per heavy atom. The Bertz CT molecular complexity index is 1170. The van der Waals surface area contributed by atoms with Crippen LogP contribution in [0, 0.1) is 0 Å². The van der Waals surface area contributed by atoms with E-state index in [9.17, 15) is 9.59 Å². The lowest BCUT2D eigenvalue weighted by atomic mass is 10.1. The van der Waals surface area contributed by atoms with Gasteiger partial charge in [0.05, 0.1) is 30.4 Å². The van der Waals surface area contributed by atoms with Crippen molar-refractivity contribution in [2.75, 3.05) is 23.7 Å². The summed E-state index contributed by atoms with van der Waals surface area (Å²) in [7, 11) is 0. The highest BCUT2D eigenvalue weighted by atomic mass is 16.2. The molecular weight excluding hydrogens is 416 g/mol. The quantitative estimate of drug-likeness (QED) is 0.467. The minimum absolute atomic E-state index is 0.0606. The zero-order valence-corrected chi connectivity index (χ0v) is 18.3. The second-order valence-corrected chi connectivity index (χ2v) is 8.51. The second-order valence-electron chi connectivity index (χ2n) is 8.51. The number of benzene rings is 2. The molecule has 2 aliphatic rings. The first-order valence-corrected chi connectivity index (χ1v) is 11.4. The molecular formula is C25H27N6O2+. The molecule has 5 N–H and O–H groups in total. The Kier molecular flexibility index (Phi) is 5.99. The van der Waals surface area contributed by atoms with Gasteiger partial charge in [-0.05, 0) is 30.3 Å². The number of anilines is 3. The van der Waals surface area contributed by atoms with Gasteiger partial charge in [-0.3, -0.25) is 9.59 Å². The molecule has 1 aromatic heterocycles. The number of fused-ring (bicyclic) bond motifs is 3. The van der Waals surface area contributed by atoms with Gasteiger partial charge in [-0.25, -0.2) is 9.97 Å². The van der Waals surface area contributed by atoms with E-state index in [-0.39, 0.29) is 18.2 Å². The number of nitrogens with one attached hydrogen (secondary N) is 3. The number of nitrogens with zero attached hydrogens (tertiary/aromatic N) is 2. The van der Waals surface area contributed by atoms with Gasteiger partial charge >= 0.3 is 0 Å². The number of aromatic nitrogens is 2.